The van der Waals surface area contributed by atoms with Crippen molar-refractivity contribution in [3.8, 4) is 17.0 Å². The molecule has 2 heterocycles. The molecule has 2 aromatic carbocycles. The van der Waals surface area contributed by atoms with E-state index in [9.17, 15) is 14.3 Å². The number of carbonyl (C=O) groups excluding carboxylic acids is 1. The van der Waals surface area contributed by atoms with Gasteiger partial charge < -0.3 is 25.2 Å². The van der Waals surface area contributed by atoms with Crippen molar-refractivity contribution < 1.29 is 23.8 Å². The Labute approximate surface area is 196 Å². The van der Waals surface area contributed by atoms with Crippen molar-refractivity contribution in [1.29, 1.82) is 0 Å². The molecule has 1 saturated heterocycles. The number of nitrogens with one attached hydrogen (secondary N) is 2. The first kappa shape index (κ1) is 23.7. The molecule has 9 nitrogen and oxygen atoms in total. The van der Waals surface area contributed by atoms with Crippen LogP contribution in [0, 0.1) is 5.82 Å². The van der Waals surface area contributed by atoms with E-state index in [1.165, 1.54) is 12.1 Å². The molecule has 0 radical (unpaired) electrons. The third-order valence-electron chi connectivity index (χ3n) is 5.82. The van der Waals surface area contributed by atoms with Crippen molar-refractivity contribution in [3.05, 3.63) is 60.5 Å². The Morgan fingerprint density at radius 1 is 1.21 bits per heavy atom. The van der Waals surface area contributed by atoms with Crippen LogP contribution in [0.25, 0.3) is 11.3 Å². The number of rotatable bonds is 8. The van der Waals surface area contributed by atoms with Crippen LogP contribution >= 0.6 is 0 Å². The Hall–Kier alpha value is -3.50. The fraction of sp³-hybridized carbons (Fsp3) is 0.375. The van der Waals surface area contributed by atoms with Gasteiger partial charge >= 0.3 is 6.03 Å². The highest BCUT2D eigenvalue weighted by molar-refractivity contribution is 5.89. The van der Waals surface area contributed by atoms with Gasteiger partial charge in [0.15, 0.2) is 0 Å². The third-order valence-corrected chi connectivity index (χ3v) is 5.82. The maximum absolute atomic E-state index is 13.1. The number of anilines is 1. The summed E-state index contributed by atoms with van der Waals surface area (Å²) in [6, 6.07) is 12.5. The molecule has 180 valence electrons. The van der Waals surface area contributed by atoms with E-state index in [-0.39, 0.29) is 30.6 Å². The van der Waals surface area contributed by atoms with Gasteiger partial charge in [-0.2, -0.15) is 0 Å². The Morgan fingerprint density at radius 3 is 2.68 bits per heavy atom. The number of hydrogen-bond acceptors (Lipinski definition) is 6. The number of methoxy groups -OCH3 is 1. The fourth-order valence-electron chi connectivity index (χ4n) is 3.96. The van der Waals surface area contributed by atoms with E-state index in [4.69, 9.17) is 9.47 Å². The molecule has 0 unspecified atom stereocenters. The molecule has 10 heteroatoms. The first-order valence-electron chi connectivity index (χ1n) is 11.2. The zero-order valence-electron chi connectivity index (χ0n) is 18.9. The van der Waals surface area contributed by atoms with Gasteiger partial charge in [0.25, 0.3) is 0 Å². The minimum atomic E-state index is -0.495. The molecule has 0 saturated carbocycles. The number of nitrogens with zero attached hydrogens (tertiary/aromatic N) is 3. The Balaban J connectivity index is 1.25. The van der Waals surface area contributed by atoms with Crippen LogP contribution < -0.4 is 15.4 Å². The number of carbonyl (C=O) groups is 1. The molecule has 1 aromatic heterocycles. The number of amides is 2. The molecule has 3 aromatic rings. The number of ether oxygens (including phenoxy) is 2. The highest BCUT2D eigenvalue weighted by Crippen LogP contribution is 2.23. The molecule has 0 aliphatic carbocycles. The van der Waals surface area contributed by atoms with E-state index in [2.05, 4.69) is 20.9 Å². The average molecular weight is 470 g/mol. The Bertz CT molecular complexity index is 1070. The van der Waals surface area contributed by atoms with E-state index in [1.54, 1.807) is 48.2 Å². The standard InChI is InChI=1S/C24H28FN5O4/c1-33-19-8-6-18(7-9-19)26-24(32)27-21-11-10-20(34-23(21)15-31)12-13-30-14-22(28-29-30)16-2-4-17(25)5-3-16/h2-9,14,20-21,23,31H,10-13,15H2,1H3,(H2,26,27,32)/t20-,21+,23+/m0/s1. The normalized spacial score (nSPS) is 20.0. The summed E-state index contributed by atoms with van der Waals surface area (Å²) in [6.45, 7) is 0.398. The second-order valence-electron chi connectivity index (χ2n) is 8.15. The average Bonchev–Trinajstić information content (AvgIpc) is 3.33. The van der Waals surface area contributed by atoms with Gasteiger partial charge in [0, 0.05) is 17.8 Å². The molecular weight excluding hydrogens is 441 g/mol. The summed E-state index contributed by atoms with van der Waals surface area (Å²) in [6.07, 6.45) is 3.36. The summed E-state index contributed by atoms with van der Waals surface area (Å²) in [5, 5.41) is 23.8. The predicted octanol–water partition coefficient (Wildman–Crippen LogP) is 3.21. The number of aromatic nitrogens is 3. The minimum Gasteiger partial charge on any atom is -0.497 e. The summed E-state index contributed by atoms with van der Waals surface area (Å²) in [7, 11) is 1.58. The minimum absolute atomic E-state index is 0.0710. The number of aliphatic hydroxyl groups excluding tert-OH is 1. The van der Waals surface area contributed by atoms with Crippen LogP contribution in [0.5, 0.6) is 5.75 Å². The summed E-state index contributed by atoms with van der Waals surface area (Å²) in [5.74, 6) is 0.408. The molecule has 4 rings (SSSR count). The number of aryl methyl sites for hydroxylation is 1. The molecule has 1 aliphatic rings. The van der Waals surface area contributed by atoms with Gasteiger partial charge in [0.1, 0.15) is 23.4 Å². The number of halogens is 1. The smallest absolute Gasteiger partial charge is 0.319 e. The van der Waals surface area contributed by atoms with Gasteiger partial charge in [-0.15, -0.1) is 5.10 Å². The first-order chi connectivity index (χ1) is 16.5. The number of aliphatic hydroxyl groups is 1. The van der Waals surface area contributed by atoms with Gasteiger partial charge in [0.05, 0.1) is 32.1 Å². The van der Waals surface area contributed by atoms with Gasteiger partial charge in [0.2, 0.25) is 0 Å². The van der Waals surface area contributed by atoms with Crippen LogP contribution in [-0.2, 0) is 11.3 Å². The maximum atomic E-state index is 13.1. The highest BCUT2D eigenvalue weighted by atomic mass is 19.1. The monoisotopic (exact) mass is 469 g/mol. The highest BCUT2D eigenvalue weighted by Gasteiger charge is 2.31. The van der Waals surface area contributed by atoms with Crippen LogP contribution in [0.15, 0.2) is 54.7 Å². The van der Waals surface area contributed by atoms with Crippen LogP contribution in [0.4, 0.5) is 14.9 Å². The van der Waals surface area contributed by atoms with Crippen molar-refractivity contribution in [1.82, 2.24) is 20.3 Å². The SMILES string of the molecule is COc1ccc(NC(=O)N[C@@H]2CC[C@@H](CCn3cc(-c4ccc(F)cc4)nn3)O[C@@H]2CO)cc1. The number of benzene rings is 2. The lowest BCUT2D eigenvalue weighted by atomic mass is 9.97. The number of hydrogen-bond donors (Lipinski definition) is 3. The van der Waals surface area contributed by atoms with Gasteiger partial charge in [-0.25, -0.2) is 9.18 Å². The van der Waals surface area contributed by atoms with Crippen molar-refractivity contribution in [2.75, 3.05) is 19.0 Å². The van der Waals surface area contributed by atoms with E-state index in [0.717, 1.165) is 12.0 Å². The molecule has 1 aliphatic heterocycles. The molecule has 3 N–H and O–H groups in total. The van der Waals surface area contributed by atoms with Crippen LogP contribution in [0.1, 0.15) is 19.3 Å². The summed E-state index contributed by atoms with van der Waals surface area (Å²) >= 11 is 0. The molecule has 2 amide bonds. The predicted molar refractivity (Wildman–Crippen MR) is 124 cm³/mol. The van der Waals surface area contributed by atoms with Crippen LogP contribution in [-0.4, -0.2) is 58.1 Å². The van der Waals surface area contributed by atoms with Gasteiger partial charge in [-0.3, -0.25) is 4.68 Å². The third kappa shape index (κ3) is 6.09. The number of urea groups is 1. The lowest BCUT2D eigenvalue weighted by Crippen LogP contribution is -2.52. The molecule has 1 fully saturated rings. The quantitative estimate of drug-likeness (QED) is 0.467. The lowest BCUT2D eigenvalue weighted by molar-refractivity contribution is -0.0905. The van der Waals surface area contributed by atoms with Crippen LogP contribution in [0.2, 0.25) is 0 Å². The van der Waals surface area contributed by atoms with Crippen molar-refractivity contribution >= 4 is 11.7 Å². The summed E-state index contributed by atoms with van der Waals surface area (Å²) < 4.78 is 26.0. The second kappa shape index (κ2) is 11.1. The van der Waals surface area contributed by atoms with Crippen LogP contribution in [0.3, 0.4) is 0 Å². The van der Waals surface area contributed by atoms with E-state index in [1.807, 2.05) is 6.20 Å². The first-order valence-corrected chi connectivity index (χ1v) is 11.2. The zero-order valence-corrected chi connectivity index (χ0v) is 18.9. The second-order valence-corrected chi connectivity index (χ2v) is 8.15. The summed E-state index contributed by atoms with van der Waals surface area (Å²) in [5.41, 5.74) is 2.11. The molecule has 3 atom stereocenters. The van der Waals surface area contributed by atoms with Gasteiger partial charge in [-0.05, 0) is 67.8 Å². The van der Waals surface area contributed by atoms with Crippen molar-refractivity contribution in [2.45, 2.75) is 44.1 Å². The van der Waals surface area contributed by atoms with E-state index >= 15 is 0 Å². The summed E-state index contributed by atoms with van der Waals surface area (Å²) in [4.78, 5) is 12.4. The van der Waals surface area contributed by atoms with E-state index in [0.29, 0.717) is 36.5 Å². The van der Waals surface area contributed by atoms with Crippen molar-refractivity contribution in [2.24, 2.45) is 0 Å². The van der Waals surface area contributed by atoms with Gasteiger partial charge in [-0.1, -0.05) is 5.21 Å². The Kier molecular flexibility index (Phi) is 7.71. The molecular formula is C24H28FN5O4. The largest absolute Gasteiger partial charge is 0.497 e. The maximum Gasteiger partial charge on any atom is 0.319 e. The molecule has 34 heavy (non-hydrogen) atoms. The fourth-order valence-corrected chi connectivity index (χ4v) is 3.96. The Morgan fingerprint density at radius 2 is 1.97 bits per heavy atom. The molecule has 0 spiro atoms. The van der Waals surface area contributed by atoms with E-state index < -0.39 is 6.10 Å². The zero-order chi connectivity index (χ0) is 23.9. The topological polar surface area (TPSA) is 111 Å². The lowest BCUT2D eigenvalue weighted by Gasteiger charge is -2.36. The van der Waals surface area contributed by atoms with Crippen molar-refractivity contribution in [3.63, 3.8) is 0 Å². The molecule has 0 bridgehead atoms.